The third kappa shape index (κ3) is 2.69. The van der Waals surface area contributed by atoms with Gasteiger partial charge in [-0.2, -0.15) is 0 Å². The minimum absolute atomic E-state index is 0.306. The fourth-order valence-corrected chi connectivity index (χ4v) is 3.06. The number of anilines is 2. The highest BCUT2D eigenvalue weighted by atomic mass is 15.3. The minimum atomic E-state index is 0.306. The number of nitrogens with zero attached hydrogens (tertiary/aromatic N) is 2. The van der Waals surface area contributed by atoms with Crippen molar-refractivity contribution in [3.8, 4) is 0 Å². The molecule has 0 bridgehead atoms. The monoisotopic (exact) mass is 283 g/mol. The Morgan fingerprint density at radius 2 is 2.05 bits per heavy atom. The summed E-state index contributed by atoms with van der Waals surface area (Å²) in [6.07, 6.45) is 5.86. The minimum Gasteiger partial charge on any atom is -0.363 e. The van der Waals surface area contributed by atoms with Crippen LogP contribution in [0.3, 0.4) is 0 Å². The standard InChI is InChI=1S/C16H21N5/c1-2-12-15(18-10-19-16(12)21-17)20-14-9-5-7-11-6-3-4-8-13(11)14/h3-4,6,8,10,14H,2,5,7,9,17H2,1H3,(H2,18,19,20,21). The van der Waals surface area contributed by atoms with E-state index in [9.17, 15) is 0 Å². The first-order valence-electron chi connectivity index (χ1n) is 7.48. The van der Waals surface area contributed by atoms with Crippen molar-refractivity contribution in [2.24, 2.45) is 5.84 Å². The van der Waals surface area contributed by atoms with Crippen LogP contribution in [0.15, 0.2) is 30.6 Å². The van der Waals surface area contributed by atoms with E-state index >= 15 is 0 Å². The summed E-state index contributed by atoms with van der Waals surface area (Å²) in [7, 11) is 0. The molecular weight excluding hydrogens is 262 g/mol. The van der Waals surface area contributed by atoms with Crippen molar-refractivity contribution in [3.63, 3.8) is 0 Å². The first kappa shape index (κ1) is 13.8. The first-order valence-corrected chi connectivity index (χ1v) is 7.48. The van der Waals surface area contributed by atoms with Crippen LogP contribution in [0, 0.1) is 0 Å². The van der Waals surface area contributed by atoms with Gasteiger partial charge in [0.25, 0.3) is 0 Å². The van der Waals surface area contributed by atoms with Gasteiger partial charge in [-0.1, -0.05) is 31.2 Å². The molecule has 110 valence electrons. The summed E-state index contributed by atoms with van der Waals surface area (Å²) in [6.45, 7) is 2.08. The van der Waals surface area contributed by atoms with E-state index in [-0.39, 0.29) is 0 Å². The van der Waals surface area contributed by atoms with Gasteiger partial charge >= 0.3 is 0 Å². The molecule has 5 nitrogen and oxygen atoms in total. The van der Waals surface area contributed by atoms with E-state index in [1.807, 2.05) is 0 Å². The molecule has 1 aromatic carbocycles. The molecule has 2 aromatic rings. The van der Waals surface area contributed by atoms with Crippen LogP contribution in [0.25, 0.3) is 0 Å². The number of hydrogen-bond acceptors (Lipinski definition) is 5. The number of nitrogen functional groups attached to an aromatic ring is 1. The third-order valence-corrected chi connectivity index (χ3v) is 4.12. The zero-order valence-electron chi connectivity index (χ0n) is 12.3. The van der Waals surface area contributed by atoms with Crippen molar-refractivity contribution in [2.45, 2.75) is 38.6 Å². The lowest BCUT2D eigenvalue weighted by molar-refractivity contribution is 0.598. The number of rotatable bonds is 4. The quantitative estimate of drug-likeness (QED) is 0.594. The third-order valence-electron chi connectivity index (χ3n) is 4.12. The smallest absolute Gasteiger partial charge is 0.148 e. The van der Waals surface area contributed by atoms with Gasteiger partial charge in [0.2, 0.25) is 0 Å². The Morgan fingerprint density at radius 1 is 1.24 bits per heavy atom. The summed E-state index contributed by atoms with van der Waals surface area (Å²) in [4.78, 5) is 8.59. The zero-order chi connectivity index (χ0) is 14.7. The van der Waals surface area contributed by atoms with Gasteiger partial charge < -0.3 is 10.7 Å². The normalized spacial score (nSPS) is 17.1. The Balaban J connectivity index is 1.92. The average Bonchev–Trinajstić information content (AvgIpc) is 2.55. The molecule has 1 aliphatic rings. The molecule has 0 fully saturated rings. The second-order valence-electron chi connectivity index (χ2n) is 5.34. The molecule has 0 saturated heterocycles. The Bertz CT molecular complexity index is 626. The van der Waals surface area contributed by atoms with E-state index in [1.165, 1.54) is 17.5 Å². The topological polar surface area (TPSA) is 75.9 Å². The summed E-state index contributed by atoms with van der Waals surface area (Å²) in [5.74, 6) is 7.11. The van der Waals surface area contributed by atoms with Gasteiger partial charge in [0.1, 0.15) is 18.0 Å². The average molecular weight is 283 g/mol. The van der Waals surface area contributed by atoms with Crippen LogP contribution in [0.2, 0.25) is 0 Å². The van der Waals surface area contributed by atoms with Crippen molar-refractivity contribution >= 4 is 11.6 Å². The van der Waals surface area contributed by atoms with Gasteiger partial charge in [0.05, 0.1) is 6.04 Å². The lowest BCUT2D eigenvalue weighted by Crippen LogP contribution is -2.20. The largest absolute Gasteiger partial charge is 0.363 e. The molecular formula is C16H21N5. The van der Waals surface area contributed by atoms with Gasteiger partial charge in [-0.05, 0) is 36.8 Å². The Labute approximate surface area is 125 Å². The fraction of sp³-hybridized carbons (Fsp3) is 0.375. The molecule has 3 rings (SSSR count). The van der Waals surface area contributed by atoms with Crippen molar-refractivity contribution < 1.29 is 0 Å². The molecule has 5 heteroatoms. The number of nitrogens with one attached hydrogen (secondary N) is 2. The number of benzene rings is 1. The number of aryl methyl sites for hydroxylation is 1. The highest BCUT2D eigenvalue weighted by molar-refractivity contribution is 5.58. The molecule has 1 heterocycles. The molecule has 1 aliphatic carbocycles. The summed E-state index contributed by atoms with van der Waals surface area (Å²) >= 11 is 0. The van der Waals surface area contributed by atoms with Crippen molar-refractivity contribution in [1.29, 1.82) is 0 Å². The van der Waals surface area contributed by atoms with Crippen LogP contribution >= 0.6 is 0 Å². The molecule has 21 heavy (non-hydrogen) atoms. The first-order chi connectivity index (χ1) is 10.3. The van der Waals surface area contributed by atoms with Gasteiger partial charge in [-0.15, -0.1) is 0 Å². The molecule has 0 amide bonds. The summed E-state index contributed by atoms with van der Waals surface area (Å²) in [5, 5.41) is 3.58. The second kappa shape index (κ2) is 6.10. The second-order valence-corrected chi connectivity index (χ2v) is 5.34. The predicted octanol–water partition coefficient (Wildman–Crippen LogP) is 2.81. The van der Waals surface area contributed by atoms with Crippen molar-refractivity contribution in [1.82, 2.24) is 9.97 Å². The lowest BCUT2D eigenvalue weighted by Gasteiger charge is -2.27. The highest BCUT2D eigenvalue weighted by Gasteiger charge is 2.21. The van der Waals surface area contributed by atoms with Gasteiger partial charge in [0, 0.05) is 5.56 Å². The Kier molecular flexibility index (Phi) is 4.01. The maximum absolute atomic E-state index is 5.54. The number of fused-ring (bicyclic) bond motifs is 1. The Hall–Kier alpha value is -2.14. The number of hydrogen-bond donors (Lipinski definition) is 3. The van der Waals surface area contributed by atoms with Crippen LogP contribution in [-0.4, -0.2) is 9.97 Å². The predicted molar refractivity (Wildman–Crippen MR) is 85.0 cm³/mol. The van der Waals surface area contributed by atoms with Crippen LogP contribution in [0.1, 0.15) is 42.5 Å². The molecule has 0 aliphatic heterocycles. The van der Waals surface area contributed by atoms with Gasteiger partial charge in [0.15, 0.2) is 0 Å². The van der Waals surface area contributed by atoms with E-state index in [0.29, 0.717) is 11.9 Å². The molecule has 1 unspecified atom stereocenters. The number of aromatic nitrogens is 2. The highest BCUT2D eigenvalue weighted by Crippen LogP contribution is 2.33. The number of hydrazine groups is 1. The van der Waals surface area contributed by atoms with E-state index in [4.69, 9.17) is 5.84 Å². The van der Waals surface area contributed by atoms with E-state index in [0.717, 1.165) is 30.6 Å². The molecule has 4 N–H and O–H groups in total. The van der Waals surface area contributed by atoms with Crippen LogP contribution in [-0.2, 0) is 12.8 Å². The van der Waals surface area contributed by atoms with Crippen molar-refractivity contribution in [3.05, 3.63) is 47.3 Å². The molecule has 0 spiro atoms. The SMILES string of the molecule is CCc1c(NN)ncnc1NC1CCCc2ccccc21. The van der Waals surface area contributed by atoms with Crippen LogP contribution < -0.4 is 16.6 Å². The Morgan fingerprint density at radius 3 is 2.86 bits per heavy atom. The van der Waals surface area contributed by atoms with E-state index in [1.54, 1.807) is 6.33 Å². The van der Waals surface area contributed by atoms with E-state index in [2.05, 4.69) is 51.9 Å². The molecule has 1 aromatic heterocycles. The lowest BCUT2D eigenvalue weighted by atomic mass is 9.87. The molecule has 0 saturated carbocycles. The van der Waals surface area contributed by atoms with Gasteiger partial charge in [-0.3, -0.25) is 0 Å². The molecule has 0 radical (unpaired) electrons. The summed E-state index contributed by atoms with van der Waals surface area (Å²) in [5.41, 5.74) is 6.50. The molecule has 1 atom stereocenters. The van der Waals surface area contributed by atoms with Crippen LogP contribution in [0.5, 0.6) is 0 Å². The van der Waals surface area contributed by atoms with Gasteiger partial charge in [-0.25, -0.2) is 15.8 Å². The zero-order valence-corrected chi connectivity index (χ0v) is 12.3. The van der Waals surface area contributed by atoms with Crippen LogP contribution in [0.4, 0.5) is 11.6 Å². The summed E-state index contributed by atoms with van der Waals surface area (Å²) in [6, 6.07) is 8.95. The maximum Gasteiger partial charge on any atom is 0.148 e. The summed E-state index contributed by atoms with van der Waals surface area (Å²) < 4.78 is 0. The fourth-order valence-electron chi connectivity index (χ4n) is 3.06. The van der Waals surface area contributed by atoms with E-state index < -0.39 is 0 Å². The number of nitrogens with two attached hydrogens (primary N) is 1. The maximum atomic E-state index is 5.54. The van der Waals surface area contributed by atoms with Crippen molar-refractivity contribution in [2.75, 3.05) is 10.7 Å².